The lowest BCUT2D eigenvalue weighted by Crippen LogP contribution is -2.40. The Kier molecular flexibility index (Phi) is 4.53. The molecule has 0 saturated heterocycles. The highest BCUT2D eigenvalue weighted by atomic mass is 32.2. The van der Waals surface area contributed by atoms with Gasteiger partial charge in [-0.05, 0) is 12.1 Å². The van der Waals surface area contributed by atoms with E-state index in [-0.39, 0.29) is 10.6 Å². The first kappa shape index (κ1) is 13.5. The maximum absolute atomic E-state index is 11.8. The summed E-state index contributed by atoms with van der Waals surface area (Å²) in [6, 6.07) is 3.25. The van der Waals surface area contributed by atoms with Crippen LogP contribution in [0, 0.1) is 11.3 Å². The molecule has 8 heteroatoms. The predicted octanol–water partition coefficient (Wildman–Crippen LogP) is -1.42. The molecule has 1 aromatic heterocycles. The minimum absolute atomic E-state index is 0.241. The van der Waals surface area contributed by atoms with Crippen molar-refractivity contribution in [3.8, 4) is 6.07 Å². The second-order valence-corrected chi connectivity index (χ2v) is 4.83. The molecule has 0 atom stereocenters. The van der Waals surface area contributed by atoms with Crippen molar-refractivity contribution >= 4 is 10.0 Å². The van der Waals surface area contributed by atoms with Crippen LogP contribution in [-0.2, 0) is 10.0 Å². The molecule has 0 spiro atoms. The normalized spacial score (nSPS) is 11.4. The molecule has 17 heavy (non-hydrogen) atoms. The van der Waals surface area contributed by atoms with Crippen LogP contribution in [0.1, 0.15) is 5.69 Å². The molecular weight excluding hydrogens is 246 g/mol. The first-order valence-corrected chi connectivity index (χ1v) is 6.12. The highest BCUT2D eigenvalue weighted by Gasteiger charge is 2.22. The predicted molar refractivity (Wildman–Crippen MR) is 57.2 cm³/mol. The molecule has 0 unspecified atom stereocenters. The molecule has 1 aromatic rings. The summed E-state index contributed by atoms with van der Waals surface area (Å²) in [5.41, 5.74) is -0.241. The maximum Gasteiger partial charge on any atom is 0.243 e. The largest absolute Gasteiger partial charge is 0.395 e. The average Bonchev–Trinajstić information content (AvgIpc) is 2.35. The molecule has 0 aliphatic rings. The topological polar surface area (TPSA) is 123 Å². The van der Waals surface area contributed by atoms with Gasteiger partial charge in [0.25, 0.3) is 0 Å². The quantitative estimate of drug-likeness (QED) is 0.595. The number of hydrogen-bond acceptors (Lipinski definition) is 6. The Morgan fingerprint density at radius 2 is 2.12 bits per heavy atom. The van der Waals surface area contributed by atoms with Gasteiger partial charge in [0.1, 0.15) is 11.0 Å². The molecule has 92 valence electrons. The number of aliphatic hydroxyl groups excluding tert-OH is 2. The van der Waals surface area contributed by atoms with E-state index in [2.05, 4.69) is 9.71 Å². The Hall–Kier alpha value is -1.53. The molecule has 0 aliphatic carbocycles. The van der Waals surface area contributed by atoms with E-state index in [9.17, 15) is 8.42 Å². The summed E-state index contributed by atoms with van der Waals surface area (Å²) in [6.07, 6.45) is 1.30. The van der Waals surface area contributed by atoms with Crippen LogP contribution in [0.3, 0.4) is 0 Å². The zero-order valence-electron chi connectivity index (χ0n) is 8.74. The van der Waals surface area contributed by atoms with Gasteiger partial charge < -0.3 is 10.2 Å². The fraction of sp³-hybridized carbons (Fsp3) is 0.333. The van der Waals surface area contributed by atoms with E-state index in [1.54, 1.807) is 6.07 Å². The molecular formula is C9H11N3O4S. The number of nitriles is 1. The van der Waals surface area contributed by atoms with Crippen molar-refractivity contribution in [1.82, 2.24) is 9.71 Å². The van der Waals surface area contributed by atoms with Gasteiger partial charge in [-0.1, -0.05) is 0 Å². The second kappa shape index (κ2) is 5.70. The van der Waals surface area contributed by atoms with Crippen LogP contribution in [-0.4, -0.2) is 42.9 Å². The van der Waals surface area contributed by atoms with Crippen LogP contribution < -0.4 is 4.72 Å². The van der Waals surface area contributed by atoms with Crippen molar-refractivity contribution in [2.24, 2.45) is 0 Å². The standard InChI is InChI=1S/C9H11N3O4S/c10-4-8-9(2-1-3-11-8)17(15,16)12-7(5-13)6-14/h1-3,7,12-14H,5-6H2. The first-order valence-electron chi connectivity index (χ1n) is 4.64. The minimum Gasteiger partial charge on any atom is -0.395 e. The summed E-state index contributed by atoms with van der Waals surface area (Å²) in [4.78, 5) is 3.33. The average molecular weight is 257 g/mol. The second-order valence-electron chi connectivity index (χ2n) is 3.15. The van der Waals surface area contributed by atoms with Crippen molar-refractivity contribution in [3.63, 3.8) is 0 Å². The molecule has 1 rings (SSSR count). The van der Waals surface area contributed by atoms with Gasteiger partial charge in [-0.2, -0.15) is 5.26 Å². The van der Waals surface area contributed by atoms with E-state index in [0.29, 0.717) is 0 Å². The lowest BCUT2D eigenvalue weighted by molar-refractivity contribution is 0.185. The van der Waals surface area contributed by atoms with Crippen LogP contribution in [0.4, 0.5) is 0 Å². The summed E-state index contributed by atoms with van der Waals surface area (Å²) in [6.45, 7) is -1.09. The van der Waals surface area contributed by atoms with Crippen LogP contribution in [0.5, 0.6) is 0 Å². The zero-order valence-corrected chi connectivity index (χ0v) is 9.55. The number of pyridine rings is 1. The van der Waals surface area contributed by atoms with Gasteiger partial charge in [-0.25, -0.2) is 18.1 Å². The number of aliphatic hydroxyl groups is 2. The highest BCUT2D eigenvalue weighted by Crippen LogP contribution is 2.12. The van der Waals surface area contributed by atoms with E-state index < -0.39 is 29.3 Å². The van der Waals surface area contributed by atoms with Gasteiger partial charge >= 0.3 is 0 Å². The Labute approximate surface area is 98.4 Å². The van der Waals surface area contributed by atoms with Gasteiger partial charge in [0.05, 0.1) is 19.3 Å². The van der Waals surface area contributed by atoms with E-state index in [1.165, 1.54) is 18.3 Å². The molecule has 0 bridgehead atoms. The van der Waals surface area contributed by atoms with Crippen molar-refractivity contribution in [1.29, 1.82) is 5.26 Å². The van der Waals surface area contributed by atoms with Gasteiger partial charge in [0, 0.05) is 6.20 Å². The van der Waals surface area contributed by atoms with Gasteiger partial charge in [0.2, 0.25) is 10.0 Å². The van der Waals surface area contributed by atoms with Crippen molar-refractivity contribution < 1.29 is 18.6 Å². The van der Waals surface area contributed by atoms with E-state index >= 15 is 0 Å². The Morgan fingerprint density at radius 3 is 2.65 bits per heavy atom. The number of rotatable bonds is 5. The number of aromatic nitrogens is 1. The molecule has 0 aliphatic heterocycles. The van der Waals surface area contributed by atoms with Crippen molar-refractivity contribution in [2.75, 3.05) is 13.2 Å². The summed E-state index contributed by atoms with van der Waals surface area (Å²) < 4.78 is 25.7. The zero-order chi connectivity index (χ0) is 12.9. The molecule has 1 heterocycles. The van der Waals surface area contributed by atoms with Crippen LogP contribution in [0.2, 0.25) is 0 Å². The van der Waals surface area contributed by atoms with E-state index in [1.807, 2.05) is 0 Å². The molecule has 0 aromatic carbocycles. The van der Waals surface area contributed by atoms with Crippen LogP contribution in [0.15, 0.2) is 23.2 Å². The molecule has 0 fully saturated rings. The third-order valence-corrected chi connectivity index (χ3v) is 3.48. The van der Waals surface area contributed by atoms with Gasteiger partial charge in [-0.3, -0.25) is 0 Å². The SMILES string of the molecule is N#Cc1ncccc1S(=O)(=O)NC(CO)CO. The third kappa shape index (κ3) is 3.21. The van der Waals surface area contributed by atoms with Crippen molar-refractivity contribution in [3.05, 3.63) is 24.0 Å². The number of nitrogens with one attached hydrogen (secondary N) is 1. The highest BCUT2D eigenvalue weighted by molar-refractivity contribution is 7.89. The van der Waals surface area contributed by atoms with Crippen LogP contribution in [0.25, 0.3) is 0 Å². The molecule has 0 saturated carbocycles. The van der Waals surface area contributed by atoms with E-state index in [0.717, 1.165) is 0 Å². The molecule has 0 radical (unpaired) electrons. The van der Waals surface area contributed by atoms with Crippen LogP contribution >= 0.6 is 0 Å². The van der Waals surface area contributed by atoms with E-state index in [4.69, 9.17) is 15.5 Å². The maximum atomic E-state index is 11.8. The Balaban J connectivity index is 3.10. The summed E-state index contributed by atoms with van der Waals surface area (Å²) >= 11 is 0. The third-order valence-electron chi connectivity index (χ3n) is 1.93. The summed E-state index contributed by atoms with van der Waals surface area (Å²) in [5.74, 6) is 0. The number of nitrogens with zero attached hydrogens (tertiary/aromatic N) is 2. The minimum atomic E-state index is -3.98. The molecule has 3 N–H and O–H groups in total. The number of sulfonamides is 1. The molecule has 0 amide bonds. The summed E-state index contributed by atoms with van der Waals surface area (Å²) in [5, 5.41) is 26.3. The van der Waals surface area contributed by atoms with Gasteiger partial charge in [0.15, 0.2) is 5.69 Å². The lowest BCUT2D eigenvalue weighted by atomic mass is 10.4. The van der Waals surface area contributed by atoms with Crippen molar-refractivity contribution in [2.45, 2.75) is 10.9 Å². The summed E-state index contributed by atoms with van der Waals surface area (Å²) in [7, 11) is -3.98. The fourth-order valence-electron chi connectivity index (χ4n) is 1.11. The number of hydrogen-bond donors (Lipinski definition) is 3. The Morgan fingerprint density at radius 1 is 1.47 bits per heavy atom. The monoisotopic (exact) mass is 257 g/mol. The van der Waals surface area contributed by atoms with Gasteiger partial charge in [-0.15, -0.1) is 0 Å². The Bertz CT molecular complexity index is 519. The molecule has 7 nitrogen and oxygen atoms in total. The first-order chi connectivity index (χ1) is 8.05. The smallest absolute Gasteiger partial charge is 0.243 e. The lowest BCUT2D eigenvalue weighted by Gasteiger charge is -2.13. The fourth-order valence-corrected chi connectivity index (χ4v) is 2.43.